The summed E-state index contributed by atoms with van der Waals surface area (Å²) in [5, 5.41) is 14.0. The Kier molecular flexibility index (Phi) is 4.39. The van der Waals surface area contributed by atoms with Gasteiger partial charge in [0.1, 0.15) is 12.2 Å². The molecule has 0 saturated carbocycles. The van der Waals surface area contributed by atoms with Gasteiger partial charge in [-0.1, -0.05) is 29.8 Å². The second-order valence-corrected chi connectivity index (χ2v) is 5.24. The van der Waals surface area contributed by atoms with Gasteiger partial charge in [-0.25, -0.2) is 9.67 Å². The molecular weight excluding hydrogens is 278 g/mol. The van der Waals surface area contributed by atoms with Crippen molar-refractivity contribution in [3.63, 3.8) is 0 Å². The highest BCUT2D eigenvalue weighted by atomic mass is 35.5. The van der Waals surface area contributed by atoms with E-state index in [0.717, 1.165) is 0 Å². The summed E-state index contributed by atoms with van der Waals surface area (Å²) >= 11 is 6.10. The van der Waals surface area contributed by atoms with Gasteiger partial charge in [-0.3, -0.25) is 4.79 Å². The Morgan fingerprint density at radius 2 is 2.10 bits per heavy atom. The van der Waals surface area contributed by atoms with Crippen LogP contribution in [0.15, 0.2) is 30.6 Å². The molecule has 0 spiro atoms. The maximum Gasteiger partial charge on any atom is 0.311 e. The monoisotopic (exact) mass is 293 g/mol. The molecule has 0 aliphatic rings. The molecule has 0 aliphatic heterocycles. The number of carboxylic acid groups (broad SMARTS) is 1. The summed E-state index contributed by atoms with van der Waals surface area (Å²) in [5.74, 6) is -1.01. The van der Waals surface area contributed by atoms with E-state index in [2.05, 4.69) is 10.1 Å². The van der Waals surface area contributed by atoms with Gasteiger partial charge < -0.3 is 5.11 Å². The van der Waals surface area contributed by atoms with E-state index in [1.54, 1.807) is 28.9 Å². The molecule has 2 aromatic rings. The summed E-state index contributed by atoms with van der Waals surface area (Å²) < 4.78 is 1.73. The second kappa shape index (κ2) is 6.05. The Morgan fingerprint density at radius 1 is 1.40 bits per heavy atom. The smallest absolute Gasteiger partial charge is 0.311 e. The third-order valence-electron chi connectivity index (χ3n) is 3.10. The van der Waals surface area contributed by atoms with Gasteiger partial charge in [-0.2, -0.15) is 5.10 Å². The first-order valence-electron chi connectivity index (χ1n) is 6.36. The van der Waals surface area contributed by atoms with Crippen molar-refractivity contribution >= 4 is 17.6 Å². The summed E-state index contributed by atoms with van der Waals surface area (Å²) in [5.41, 5.74) is 0.597. The second-order valence-electron chi connectivity index (χ2n) is 4.83. The first kappa shape index (κ1) is 14.5. The molecule has 0 amide bonds. The average molecular weight is 294 g/mol. The Hall–Kier alpha value is -1.88. The van der Waals surface area contributed by atoms with Crippen LogP contribution in [0.3, 0.4) is 0 Å². The summed E-state index contributed by atoms with van der Waals surface area (Å²) in [6, 6.07) is 7.12. The van der Waals surface area contributed by atoms with Crippen LogP contribution in [0.1, 0.15) is 37.2 Å². The van der Waals surface area contributed by atoms with Crippen LogP contribution >= 0.6 is 11.6 Å². The Labute approximate surface area is 122 Å². The van der Waals surface area contributed by atoms with E-state index in [-0.39, 0.29) is 12.5 Å². The Balaban J connectivity index is 2.34. The molecule has 1 atom stereocenters. The molecule has 0 fully saturated rings. The van der Waals surface area contributed by atoms with Crippen molar-refractivity contribution in [2.45, 2.75) is 32.2 Å². The highest BCUT2D eigenvalue weighted by Gasteiger charge is 2.25. The number of aromatic nitrogens is 3. The van der Waals surface area contributed by atoms with Gasteiger partial charge in [-0.15, -0.1) is 0 Å². The summed E-state index contributed by atoms with van der Waals surface area (Å²) in [4.78, 5) is 15.7. The van der Waals surface area contributed by atoms with Gasteiger partial charge in [0.05, 0.1) is 5.92 Å². The van der Waals surface area contributed by atoms with Crippen molar-refractivity contribution in [3.8, 4) is 0 Å². The molecule has 1 N–H and O–H groups in total. The third-order valence-corrected chi connectivity index (χ3v) is 3.45. The van der Waals surface area contributed by atoms with Crippen molar-refractivity contribution in [2.24, 2.45) is 0 Å². The van der Waals surface area contributed by atoms with E-state index in [0.29, 0.717) is 16.4 Å². The van der Waals surface area contributed by atoms with Crippen LogP contribution in [0.2, 0.25) is 5.02 Å². The molecule has 0 aliphatic carbocycles. The van der Waals surface area contributed by atoms with Gasteiger partial charge in [0.15, 0.2) is 0 Å². The lowest BCUT2D eigenvalue weighted by Crippen LogP contribution is -2.18. The van der Waals surface area contributed by atoms with Crippen molar-refractivity contribution in [1.82, 2.24) is 14.8 Å². The van der Waals surface area contributed by atoms with Crippen LogP contribution in [0.5, 0.6) is 0 Å². The predicted octanol–water partition coefficient (Wildman–Crippen LogP) is 2.92. The highest BCUT2D eigenvalue weighted by Crippen LogP contribution is 2.27. The molecule has 1 unspecified atom stereocenters. The molecule has 5 nitrogen and oxygen atoms in total. The van der Waals surface area contributed by atoms with Crippen molar-refractivity contribution in [3.05, 3.63) is 47.0 Å². The predicted molar refractivity (Wildman–Crippen MR) is 75.9 cm³/mol. The minimum Gasteiger partial charge on any atom is -0.481 e. The van der Waals surface area contributed by atoms with Gasteiger partial charge in [0.25, 0.3) is 0 Å². The minimum absolute atomic E-state index is 0.133. The molecule has 20 heavy (non-hydrogen) atoms. The molecule has 0 bridgehead atoms. The zero-order chi connectivity index (χ0) is 14.7. The van der Waals surface area contributed by atoms with Crippen molar-refractivity contribution in [2.75, 3.05) is 0 Å². The number of benzene rings is 1. The molecule has 0 radical (unpaired) electrons. The first-order valence-corrected chi connectivity index (χ1v) is 6.74. The fraction of sp³-hybridized carbons (Fsp3) is 0.357. The van der Waals surface area contributed by atoms with Crippen molar-refractivity contribution < 1.29 is 9.90 Å². The molecule has 1 heterocycles. The number of nitrogens with zero attached hydrogens (tertiary/aromatic N) is 3. The summed E-state index contributed by atoms with van der Waals surface area (Å²) in [7, 11) is 0. The molecule has 2 rings (SSSR count). The normalized spacial score (nSPS) is 12.6. The fourth-order valence-corrected chi connectivity index (χ4v) is 2.39. The largest absolute Gasteiger partial charge is 0.481 e. The number of carbonyl (C=O) groups is 1. The zero-order valence-electron chi connectivity index (χ0n) is 11.3. The van der Waals surface area contributed by atoms with E-state index in [1.807, 2.05) is 13.8 Å². The van der Waals surface area contributed by atoms with E-state index < -0.39 is 11.9 Å². The topological polar surface area (TPSA) is 68.0 Å². The molecule has 6 heteroatoms. The quantitative estimate of drug-likeness (QED) is 0.920. The SMILES string of the molecule is CC(C)n1ncnc1CC(C(=O)O)c1ccccc1Cl. The summed E-state index contributed by atoms with van der Waals surface area (Å²) in [6.07, 6.45) is 1.71. The van der Waals surface area contributed by atoms with Gasteiger partial charge >= 0.3 is 5.97 Å². The minimum atomic E-state index is -0.920. The van der Waals surface area contributed by atoms with Crippen LogP contribution < -0.4 is 0 Å². The lowest BCUT2D eigenvalue weighted by molar-refractivity contribution is -0.138. The Morgan fingerprint density at radius 3 is 2.70 bits per heavy atom. The highest BCUT2D eigenvalue weighted by molar-refractivity contribution is 6.31. The van der Waals surface area contributed by atoms with Gasteiger partial charge in [-0.05, 0) is 25.5 Å². The van der Waals surface area contributed by atoms with E-state index >= 15 is 0 Å². The summed E-state index contributed by atoms with van der Waals surface area (Å²) in [6.45, 7) is 3.95. The molecule has 1 aromatic carbocycles. The van der Waals surface area contributed by atoms with Crippen LogP contribution in [-0.4, -0.2) is 25.8 Å². The number of halogens is 1. The van der Waals surface area contributed by atoms with E-state index in [9.17, 15) is 9.90 Å². The number of carboxylic acids is 1. The zero-order valence-corrected chi connectivity index (χ0v) is 12.1. The Bertz CT molecular complexity index is 610. The third kappa shape index (κ3) is 2.99. The van der Waals surface area contributed by atoms with Crippen molar-refractivity contribution in [1.29, 1.82) is 0 Å². The molecular formula is C14H16ClN3O2. The van der Waals surface area contributed by atoms with Gasteiger partial charge in [0, 0.05) is 17.5 Å². The van der Waals surface area contributed by atoms with E-state index in [4.69, 9.17) is 11.6 Å². The lowest BCUT2D eigenvalue weighted by atomic mass is 9.95. The fourth-order valence-electron chi connectivity index (χ4n) is 2.12. The average Bonchev–Trinajstić information content (AvgIpc) is 2.85. The first-order chi connectivity index (χ1) is 9.50. The van der Waals surface area contributed by atoms with Gasteiger partial charge in [0.2, 0.25) is 0 Å². The maximum absolute atomic E-state index is 11.5. The molecule has 0 saturated heterocycles. The number of rotatable bonds is 5. The van der Waals surface area contributed by atoms with E-state index in [1.165, 1.54) is 6.33 Å². The number of hydrogen-bond donors (Lipinski definition) is 1. The number of hydrogen-bond acceptors (Lipinski definition) is 3. The van der Waals surface area contributed by atoms with Crippen LogP contribution in [0.25, 0.3) is 0 Å². The molecule has 106 valence electrons. The standard InChI is InChI=1S/C14H16ClN3O2/c1-9(2)18-13(16-8-17-18)7-11(14(19)20)10-5-3-4-6-12(10)15/h3-6,8-9,11H,7H2,1-2H3,(H,19,20). The van der Waals surface area contributed by atoms with Crippen LogP contribution in [-0.2, 0) is 11.2 Å². The maximum atomic E-state index is 11.5. The number of aliphatic carboxylic acids is 1. The lowest BCUT2D eigenvalue weighted by Gasteiger charge is -2.15. The van der Waals surface area contributed by atoms with Crippen LogP contribution in [0, 0.1) is 0 Å². The molecule has 1 aromatic heterocycles. The van der Waals surface area contributed by atoms with Crippen LogP contribution in [0.4, 0.5) is 0 Å².